The summed E-state index contributed by atoms with van der Waals surface area (Å²) in [5.74, 6) is -4.14. The lowest BCUT2D eigenvalue weighted by Crippen LogP contribution is -2.34. The lowest BCUT2D eigenvalue weighted by Gasteiger charge is -2.22. The number of hydrogen-bond acceptors (Lipinski definition) is 6. The molecule has 0 radical (unpaired) electrons. The quantitative estimate of drug-likeness (QED) is 0.201. The van der Waals surface area contributed by atoms with Crippen molar-refractivity contribution in [2.75, 3.05) is 0 Å². The van der Waals surface area contributed by atoms with Gasteiger partial charge in [-0.15, -0.1) is 0 Å². The van der Waals surface area contributed by atoms with E-state index in [9.17, 15) is 19.8 Å². The van der Waals surface area contributed by atoms with E-state index in [-0.39, 0.29) is 6.42 Å². The molecular weight excluding hydrogens is 264 g/mol. The predicted molar refractivity (Wildman–Crippen MR) is 67.7 cm³/mol. The molecule has 20 heavy (non-hydrogen) atoms. The summed E-state index contributed by atoms with van der Waals surface area (Å²) in [6.45, 7) is 6.93. The zero-order valence-electron chi connectivity index (χ0n) is 12.5. The van der Waals surface area contributed by atoms with E-state index in [1.54, 1.807) is 20.8 Å². The van der Waals surface area contributed by atoms with Gasteiger partial charge in [-0.1, -0.05) is 26.2 Å². The Morgan fingerprint density at radius 1 is 1.00 bits per heavy atom. The third kappa shape index (κ3) is 7.78. The molecule has 0 fully saturated rings. The van der Waals surface area contributed by atoms with Crippen LogP contribution in [-0.4, -0.2) is 17.5 Å². The summed E-state index contributed by atoms with van der Waals surface area (Å²) in [7, 11) is 0. The van der Waals surface area contributed by atoms with E-state index in [0.717, 1.165) is 19.3 Å². The molecule has 0 amide bonds. The Morgan fingerprint density at radius 3 is 2.00 bits per heavy atom. The van der Waals surface area contributed by atoms with E-state index >= 15 is 0 Å². The number of carbonyl (C=O) groups is 2. The smallest absolute Gasteiger partial charge is 0.193 e. The second-order valence-corrected chi connectivity index (χ2v) is 5.47. The van der Waals surface area contributed by atoms with Crippen molar-refractivity contribution in [3.05, 3.63) is 11.3 Å². The van der Waals surface area contributed by atoms with Crippen LogP contribution in [0, 0.1) is 0 Å². The van der Waals surface area contributed by atoms with Gasteiger partial charge in [-0.25, -0.2) is 0 Å². The van der Waals surface area contributed by atoms with Gasteiger partial charge in [0.25, 0.3) is 0 Å². The van der Waals surface area contributed by atoms with E-state index in [1.165, 1.54) is 0 Å². The van der Waals surface area contributed by atoms with Crippen LogP contribution in [0.2, 0.25) is 0 Å². The van der Waals surface area contributed by atoms with Crippen LogP contribution >= 0.6 is 0 Å². The fourth-order valence-electron chi connectivity index (χ4n) is 1.41. The van der Waals surface area contributed by atoms with Crippen molar-refractivity contribution < 1.29 is 29.6 Å². The molecule has 0 unspecified atom stereocenters. The SMILES string of the molecule is CCCCCC/C(C(=O)[O-])=C(/OOC(C)(C)C)C(=O)[O-]. The number of carboxylic acid groups (broad SMARTS) is 2. The second kappa shape index (κ2) is 8.58. The molecule has 0 spiro atoms. The zero-order valence-corrected chi connectivity index (χ0v) is 12.5. The first-order chi connectivity index (χ1) is 9.19. The normalized spacial score (nSPS) is 12.8. The van der Waals surface area contributed by atoms with Gasteiger partial charge in [-0.3, -0.25) is 0 Å². The molecule has 0 saturated carbocycles. The van der Waals surface area contributed by atoms with E-state index in [2.05, 4.69) is 4.89 Å². The molecular formula is C14H22O6-2. The van der Waals surface area contributed by atoms with E-state index < -0.39 is 28.9 Å². The van der Waals surface area contributed by atoms with Crippen LogP contribution in [0.15, 0.2) is 11.3 Å². The average molecular weight is 286 g/mol. The Hall–Kier alpha value is -1.56. The molecule has 116 valence electrons. The highest BCUT2D eigenvalue weighted by molar-refractivity contribution is 5.95. The zero-order chi connectivity index (χ0) is 15.8. The van der Waals surface area contributed by atoms with Crippen LogP contribution in [0.4, 0.5) is 0 Å². The van der Waals surface area contributed by atoms with Gasteiger partial charge < -0.3 is 24.7 Å². The molecule has 0 aromatic carbocycles. The minimum Gasteiger partial charge on any atom is -0.545 e. The molecule has 0 heterocycles. The highest BCUT2D eigenvalue weighted by Crippen LogP contribution is 2.18. The summed E-state index contributed by atoms with van der Waals surface area (Å²) in [5, 5.41) is 22.0. The number of unbranched alkanes of at least 4 members (excludes halogenated alkanes) is 3. The number of hydrogen-bond donors (Lipinski definition) is 0. The first-order valence-corrected chi connectivity index (χ1v) is 6.70. The third-order valence-electron chi connectivity index (χ3n) is 2.36. The summed E-state index contributed by atoms with van der Waals surface area (Å²) in [6, 6.07) is 0. The molecule has 6 heteroatoms. The molecule has 0 saturated heterocycles. The molecule has 0 aromatic rings. The second-order valence-electron chi connectivity index (χ2n) is 5.47. The molecule has 0 aliphatic rings. The molecule has 0 atom stereocenters. The Labute approximate surface area is 119 Å². The van der Waals surface area contributed by atoms with E-state index in [0.29, 0.717) is 6.42 Å². The maximum absolute atomic E-state index is 11.0. The maximum atomic E-state index is 11.0. The van der Waals surface area contributed by atoms with Crippen LogP contribution in [0.5, 0.6) is 0 Å². The minimum absolute atomic E-state index is 0.0408. The van der Waals surface area contributed by atoms with Crippen molar-refractivity contribution in [3.63, 3.8) is 0 Å². The minimum atomic E-state index is -1.73. The van der Waals surface area contributed by atoms with Crippen molar-refractivity contribution in [2.45, 2.75) is 65.4 Å². The Balaban J connectivity index is 4.94. The van der Waals surface area contributed by atoms with E-state index in [4.69, 9.17) is 4.89 Å². The lowest BCUT2D eigenvalue weighted by atomic mass is 10.1. The number of aliphatic carboxylic acids is 2. The van der Waals surface area contributed by atoms with Crippen LogP contribution in [-0.2, 0) is 19.4 Å². The highest BCUT2D eigenvalue weighted by Gasteiger charge is 2.18. The number of carbonyl (C=O) groups excluding carboxylic acids is 2. The fourth-order valence-corrected chi connectivity index (χ4v) is 1.41. The average Bonchev–Trinajstić information content (AvgIpc) is 2.29. The maximum Gasteiger partial charge on any atom is 0.193 e. The monoisotopic (exact) mass is 286 g/mol. The molecule has 0 N–H and O–H groups in total. The summed E-state index contributed by atoms with van der Waals surface area (Å²) < 4.78 is 0. The Kier molecular flexibility index (Phi) is 7.91. The van der Waals surface area contributed by atoms with Crippen molar-refractivity contribution >= 4 is 11.9 Å². The van der Waals surface area contributed by atoms with Gasteiger partial charge in [-0.2, -0.15) is 4.89 Å². The van der Waals surface area contributed by atoms with Gasteiger partial charge in [0, 0.05) is 5.57 Å². The predicted octanol–water partition coefficient (Wildman–Crippen LogP) is 0.457. The van der Waals surface area contributed by atoms with Crippen molar-refractivity contribution in [3.8, 4) is 0 Å². The summed E-state index contributed by atoms with van der Waals surface area (Å²) in [6.07, 6.45) is 3.31. The first kappa shape index (κ1) is 18.4. The lowest BCUT2D eigenvalue weighted by molar-refractivity contribution is -0.347. The van der Waals surface area contributed by atoms with Gasteiger partial charge in [0.1, 0.15) is 11.6 Å². The standard InChI is InChI=1S/C14H24O6/c1-5-6-7-8-9-10(12(15)16)11(13(17)18)19-20-14(2,3)4/h5-9H2,1-4H3,(H,15,16)(H,17,18)/p-2/b11-10-. The highest BCUT2D eigenvalue weighted by atomic mass is 17.2. The van der Waals surface area contributed by atoms with E-state index in [1.807, 2.05) is 6.92 Å². The van der Waals surface area contributed by atoms with Crippen LogP contribution in [0.1, 0.15) is 59.8 Å². The van der Waals surface area contributed by atoms with Gasteiger partial charge in [0.2, 0.25) is 0 Å². The Bertz CT molecular complexity index is 364. The molecule has 6 nitrogen and oxygen atoms in total. The Morgan fingerprint density at radius 2 is 1.60 bits per heavy atom. The van der Waals surface area contributed by atoms with Crippen molar-refractivity contribution in [1.29, 1.82) is 0 Å². The van der Waals surface area contributed by atoms with Gasteiger partial charge in [0.05, 0.1) is 5.97 Å². The molecule has 0 rings (SSSR count). The van der Waals surface area contributed by atoms with Gasteiger partial charge in [0.15, 0.2) is 5.76 Å². The largest absolute Gasteiger partial charge is 0.545 e. The van der Waals surface area contributed by atoms with Crippen LogP contribution in [0.25, 0.3) is 0 Å². The molecule has 0 bridgehead atoms. The van der Waals surface area contributed by atoms with Crippen molar-refractivity contribution in [2.24, 2.45) is 0 Å². The van der Waals surface area contributed by atoms with Crippen LogP contribution < -0.4 is 10.2 Å². The first-order valence-electron chi connectivity index (χ1n) is 6.70. The molecule has 0 aliphatic heterocycles. The van der Waals surface area contributed by atoms with Gasteiger partial charge >= 0.3 is 0 Å². The summed E-state index contributed by atoms with van der Waals surface area (Å²) in [4.78, 5) is 31.5. The number of carboxylic acids is 2. The third-order valence-corrected chi connectivity index (χ3v) is 2.36. The number of rotatable bonds is 9. The fraction of sp³-hybridized carbons (Fsp3) is 0.714. The molecule has 0 aromatic heterocycles. The van der Waals surface area contributed by atoms with Crippen LogP contribution in [0.3, 0.4) is 0 Å². The summed E-state index contributed by atoms with van der Waals surface area (Å²) >= 11 is 0. The topological polar surface area (TPSA) is 98.7 Å². The van der Waals surface area contributed by atoms with Gasteiger partial charge in [-0.05, 0) is 33.6 Å². The van der Waals surface area contributed by atoms with Crippen molar-refractivity contribution in [1.82, 2.24) is 0 Å². The molecule has 0 aliphatic carbocycles. The summed E-state index contributed by atoms with van der Waals surface area (Å²) in [5.41, 5.74) is -1.22.